The summed E-state index contributed by atoms with van der Waals surface area (Å²) in [4.78, 5) is 11.5. The van der Waals surface area contributed by atoms with Crippen LogP contribution in [0.2, 0.25) is 0 Å². The third kappa shape index (κ3) is 4.46. The Balaban J connectivity index is 4.55. The minimum atomic E-state index is -3.67. The highest BCUT2D eigenvalue weighted by molar-refractivity contribution is 7.90. The number of amides is 1. The average Bonchev–Trinajstić information content (AvgIpc) is 2.24. The molecule has 3 N–H and O–H groups in total. The molecule has 0 unspecified atom stereocenters. The fourth-order valence-electron chi connectivity index (χ4n) is 0.843. The number of unbranched alkanes of at least 4 members (excludes halogenated alkanes) is 1. The minimum Gasteiger partial charge on any atom is -0.395 e. The molecular weight excluding hydrogens is 234 g/mol. The second kappa shape index (κ2) is 6.17. The van der Waals surface area contributed by atoms with E-state index in [1.807, 2.05) is 11.6 Å². The topological polar surface area (TPSA) is 104 Å². The van der Waals surface area contributed by atoms with Crippen LogP contribution in [0.4, 0.5) is 0 Å². The van der Waals surface area contributed by atoms with Crippen molar-refractivity contribution in [2.45, 2.75) is 26.7 Å². The van der Waals surface area contributed by atoms with Crippen LogP contribution in [0.15, 0.2) is 0 Å². The number of carbonyl (C=O) groups is 1. The van der Waals surface area contributed by atoms with Crippen molar-refractivity contribution in [2.75, 3.05) is 19.0 Å². The van der Waals surface area contributed by atoms with Crippen LogP contribution in [0, 0.1) is 5.41 Å². The summed E-state index contributed by atoms with van der Waals surface area (Å²) in [5.41, 5.74) is -1.47. The van der Waals surface area contributed by atoms with Crippen molar-refractivity contribution in [3.05, 3.63) is 0 Å². The lowest BCUT2D eigenvalue weighted by atomic mass is 9.92. The SMILES string of the molecule is CCCCS(=O)(=O)NC(=O)C(C)(CO)CO. The number of aliphatic hydroxyl groups is 2. The smallest absolute Gasteiger partial charge is 0.244 e. The average molecular weight is 253 g/mol. The van der Waals surface area contributed by atoms with Gasteiger partial charge in [-0.15, -0.1) is 0 Å². The van der Waals surface area contributed by atoms with Crippen molar-refractivity contribution in [3.63, 3.8) is 0 Å². The zero-order valence-electron chi connectivity index (χ0n) is 9.56. The third-order valence-corrected chi connectivity index (χ3v) is 3.58. The van der Waals surface area contributed by atoms with Crippen molar-refractivity contribution >= 4 is 15.9 Å². The summed E-state index contributed by atoms with van der Waals surface area (Å²) in [6.07, 6.45) is 1.16. The number of hydrogen-bond donors (Lipinski definition) is 3. The standard InChI is InChI=1S/C9H19NO5S/c1-3-4-5-16(14,15)10-8(13)9(2,6-11)7-12/h11-12H,3-7H2,1-2H3,(H,10,13). The summed E-state index contributed by atoms with van der Waals surface area (Å²) in [6, 6.07) is 0. The van der Waals surface area contributed by atoms with Gasteiger partial charge in [-0.2, -0.15) is 0 Å². The van der Waals surface area contributed by atoms with E-state index < -0.39 is 34.6 Å². The van der Waals surface area contributed by atoms with Gasteiger partial charge in [-0.1, -0.05) is 13.3 Å². The summed E-state index contributed by atoms with van der Waals surface area (Å²) >= 11 is 0. The number of nitrogens with one attached hydrogen (secondary N) is 1. The number of rotatable bonds is 7. The molecule has 7 heteroatoms. The first-order chi connectivity index (χ1) is 7.31. The van der Waals surface area contributed by atoms with Gasteiger partial charge in [-0.25, -0.2) is 8.42 Å². The van der Waals surface area contributed by atoms with E-state index in [4.69, 9.17) is 10.2 Å². The first-order valence-corrected chi connectivity index (χ1v) is 6.73. The Morgan fingerprint density at radius 2 is 1.81 bits per heavy atom. The summed E-state index contributed by atoms with van der Waals surface area (Å²) in [6.45, 7) is 1.90. The Labute approximate surface area is 95.7 Å². The van der Waals surface area contributed by atoms with E-state index in [2.05, 4.69) is 0 Å². The van der Waals surface area contributed by atoms with Gasteiger partial charge < -0.3 is 10.2 Å². The molecule has 0 aliphatic heterocycles. The van der Waals surface area contributed by atoms with E-state index in [1.54, 1.807) is 0 Å². The molecule has 0 aromatic carbocycles. The van der Waals surface area contributed by atoms with Crippen molar-refractivity contribution in [3.8, 4) is 0 Å². The molecule has 0 spiro atoms. The number of sulfonamides is 1. The Hall–Kier alpha value is -0.660. The summed E-state index contributed by atoms with van der Waals surface area (Å²) in [5.74, 6) is -1.02. The monoisotopic (exact) mass is 253 g/mol. The summed E-state index contributed by atoms with van der Waals surface area (Å²) in [7, 11) is -3.67. The lowest BCUT2D eigenvalue weighted by Crippen LogP contribution is -2.46. The summed E-state index contributed by atoms with van der Waals surface area (Å²) < 4.78 is 24.6. The molecule has 0 bridgehead atoms. The van der Waals surface area contributed by atoms with E-state index in [1.165, 1.54) is 6.92 Å². The van der Waals surface area contributed by atoms with Crippen molar-refractivity contribution in [1.29, 1.82) is 0 Å². The molecular formula is C9H19NO5S. The Bertz CT molecular complexity index is 321. The first-order valence-electron chi connectivity index (χ1n) is 5.08. The Kier molecular flexibility index (Phi) is 5.91. The Morgan fingerprint density at radius 3 is 2.19 bits per heavy atom. The maximum atomic E-state index is 11.5. The van der Waals surface area contributed by atoms with E-state index in [-0.39, 0.29) is 5.75 Å². The van der Waals surface area contributed by atoms with Crippen LogP contribution in [-0.2, 0) is 14.8 Å². The molecule has 0 atom stereocenters. The number of carbonyl (C=O) groups excluding carboxylic acids is 1. The molecule has 0 aliphatic carbocycles. The molecule has 0 radical (unpaired) electrons. The Morgan fingerprint density at radius 1 is 1.31 bits per heavy atom. The van der Waals surface area contributed by atoms with Gasteiger partial charge in [0.2, 0.25) is 15.9 Å². The maximum Gasteiger partial charge on any atom is 0.244 e. The summed E-state index contributed by atoms with van der Waals surface area (Å²) in [5, 5.41) is 17.8. The second-order valence-corrected chi connectivity index (χ2v) is 5.82. The molecule has 0 fully saturated rings. The van der Waals surface area contributed by atoms with Crippen LogP contribution in [0.3, 0.4) is 0 Å². The molecule has 0 aromatic rings. The molecule has 0 saturated heterocycles. The van der Waals surface area contributed by atoms with E-state index in [9.17, 15) is 13.2 Å². The molecule has 16 heavy (non-hydrogen) atoms. The molecule has 0 aliphatic rings. The predicted molar refractivity (Wildman–Crippen MR) is 59.1 cm³/mol. The third-order valence-electron chi connectivity index (χ3n) is 2.26. The van der Waals surface area contributed by atoms with Crippen LogP contribution in [0.1, 0.15) is 26.7 Å². The highest BCUT2D eigenvalue weighted by Gasteiger charge is 2.34. The molecule has 0 rings (SSSR count). The molecule has 0 saturated carbocycles. The van der Waals surface area contributed by atoms with Gasteiger partial charge in [0.15, 0.2) is 0 Å². The van der Waals surface area contributed by atoms with Crippen LogP contribution in [0.25, 0.3) is 0 Å². The van der Waals surface area contributed by atoms with Gasteiger partial charge in [0.25, 0.3) is 0 Å². The molecule has 96 valence electrons. The van der Waals surface area contributed by atoms with E-state index in [0.29, 0.717) is 12.8 Å². The van der Waals surface area contributed by atoms with Gasteiger partial charge in [-0.3, -0.25) is 9.52 Å². The van der Waals surface area contributed by atoms with Crippen molar-refractivity contribution in [1.82, 2.24) is 4.72 Å². The molecule has 0 heterocycles. The highest BCUT2D eigenvalue weighted by Crippen LogP contribution is 2.14. The maximum absolute atomic E-state index is 11.5. The lowest BCUT2D eigenvalue weighted by Gasteiger charge is -2.22. The largest absolute Gasteiger partial charge is 0.395 e. The molecule has 0 aromatic heterocycles. The minimum absolute atomic E-state index is 0.137. The van der Waals surface area contributed by atoms with Crippen LogP contribution in [-0.4, -0.2) is 43.5 Å². The quantitative estimate of drug-likeness (QED) is 0.552. The van der Waals surface area contributed by atoms with E-state index in [0.717, 1.165) is 0 Å². The van der Waals surface area contributed by atoms with Gasteiger partial charge in [0.1, 0.15) is 0 Å². The molecule has 6 nitrogen and oxygen atoms in total. The fourth-order valence-corrected chi connectivity index (χ4v) is 2.14. The second-order valence-electron chi connectivity index (χ2n) is 3.98. The predicted octanol–water partition coefficient (Wildman–Crippen LogP) is -0.777. The van der Waals surface area contributed by atoms with E-state index >= 15 is 0 Å². The van der Waals surface area contributed by atoms with Gasteiger partial charge in [0, 0.05) is 0 Å². The lowest BCUT2D eigenvalue weighted by molar-refractivity contribution is -0.132. The van der Waals surface area contributed by atoms with Gasteiger partial charge in [0.05, 0.1) is 24.4 Å². The first kappa shape index (κ1) is 15.3. The van der Waals surface area contributed by atoms with Crippen molar-refractivity contribution in [2.24, 2.45) is 5.41 Å². The van der Waals surface area contributed by atoms with Crippen LogP contribution >= 0.6 is 0 Å². The van der Waals surface area contributed by atoms with Crippen LogP contribution in [0.5, 0.6) is 0 Å². The highest BCUT2D eigenvalue weighted by atomic mass is 32.2. The van der Waals surface area contributed by atoms with Crippen LogP contribution < -0.4 is 4.72 Å². The molecule has 1 amide bonds. The van der Waals surface area contributed by atoms with Gasteiger partial charge >= 0.3 is 0 Å². The van der Waals surface area contributed by atoms with Crippen molar-refractivity contribution < 1.29 is 23.4 Å². The number of hydrogen-bond acceptors (Lipinski definition) is 5. The zero-order valence-corrected chi connectivity index (χ0v) is 10.4. The fraction of sp³-hybridized carbons (Fsp3) is 0.889. The zero-order chi connectivity index (χ0) is 12.8. The van der Waals surface area contributed by atoms with Gasteiger partial charge in [-0.05, 0) is 13.3 Å². The normalized spacial score (nSPS) is 12.5. The number of aliphatic hydroxyl groups excluding tert-OH is 2.